The van der Waals surface area contributed by atoms with Crippen LogP contribution in [0.2, 0.25) is 0 Å². The van der Waals surface area contributed by atoms with Crippen molar-refractivity contribution in [2.24, 2.45) is 5.92 Å². The lowest BCUT2D eigenvalue weighted by Gasteiger charge is -2.42. The normalized spacial score (nSPS) is 21.5. The average Bonchev–Trinajstić information content (AvgIpc) is 2.94. The van der Waals surface area contributed by atoms with Crippen molar-refractivity contribution in [3.05, 3.63) is 114 Å². The highest BCUT2D eigenvalue weighted by Gasteiger charge is 2.38. The maximum absolute atomic E-state index is 12.3. The van der Waals surface area contributed by atoms with Gasteiger partial charge in [0.2, 0.25) is 0 Å². The maximum Gasteiger partial charge on any atom is 0.253 e. The number of rotatable bonds is 10. The van der Waals surface area contributed by atoms with Crippen LogP contribution in [0.25, 0.3) is 0 Å². The fourth-order valence-corrected chi connectivity index (χ4v) is 4.50. The molecule has 4 atom stereocenters. The molecule has 0 radical (unpaired) electrons. The molecule has 1 amide bonds. The van der Waals surface area contributed by atoms with Gasteiger partial charge in [-0.15, -0.1) is 6.58 Å². The number of hydrogen-bond donors (Lipinski definition) is 2. The first-order valence-electron chi connectivity index (χ1n) is 12.6. The Bertz CT molecular complexity index is 1150. The minimum atomic E-state index is -0.528. The monoisotopic (exact) mass is 501 g/mol. The van der Waals surface area contributed by atoms with Gasteiger partial charge in [0.15, 0.2) is 6.29 Å². The number of amides is 1. The summed E-state index contributed by atoms with van der Waals surface area (Å²) in [6.07, 6.45) is 4.34. The topological polar surface area (TPSA) is 83.9 Å². The molecule has 1 aliphatic rings. The van der Waals surface area contributed by atoms with Crippen LogP contribution in [0.3, 0.4) is 0 Å². The van der Waals surface area contributed by atoms with E-state index in [4.69, 9.17) is 9.47 Å². The molecule has 194 valence electrons. The number of ether oxygens (including phenoxy) is 2. The van der Waals surface area contributed by atoms with E-state index in [1.54, 1.807) is 24.5 Å². The lowest BCUT2D eigenvalue weighted by molar-refractivity contribution is -0.275. The molecule has 1 aliphatic heterocycles. The summed E-state index contributed by atoms with van der Waals surface area (Å²) in [4.78, 5) is 18.5. The van der Waals surface area contributed by atoms with E-state index >= 15 is 0 Å². The molecule has 2 heterocycles. The molecule has 1 fully saturated rings. The molecule has 0 spiro atoms. The standard InChI is InChI=1S/C30H35N3O4/c1-4-16-33(3)19-27-21(2)28(24-11-9-23(20-34)10-12-24)37-30(36-27)25-13-7-22(8-14-25)17-32-29(35)26-6-5-15-31-18-26/h4-15,18,21,27-28,30,34H,1,16-17,19-20H2,2-3H3,(H,32,35)/t21-,27+,28+,30+/m1/s1. The molecule has 0 unspecified atom stereocenters. The predicted octanol–water partition coefficient (Wildman–Crippen LogP) is 4.41. The zero-order valence-corrected chi connectivity index (χ0v) is 21.4. The summed E-state index contributed by atoms with van der Waals surface area (Å²) in [6.45, 7) is 7.94. The number of nitrogens with one attached hydrogen (secondary N) is 1. The smallest absolute Gasteiger partial charge is 0.253 e. The van der Waals surface area contributed by atoms with Gasteiger partial charge < -0.3 is 24.8 Å². The molecular weight excluding hydrogens is 466 g/mol. The summed E-state index contributed by atoms with van der Waals surface area (Å²) in [5.74, 6) is -0.0443. The number of pyridine rings is 1. The summed E-state index contributed by atoms with van der Waals surface area (Å²) in [6, 6.07) is 19.3. The van der Waals surface area contributed by atoms with Gasteiger partial charge in [-0.1, -0.05) is 61.5 Å². The van der Waals surface area contributed by atoms with E-state index in [1.807, 2.05) is 54.6 Å². The van der Waals surface area contributed by atoms with Crippen molar-refractivity contribution in [3.8, 4) is 0 Å². The van der Waals surface area contributed by atoms with E-state index in [1.165, 1.54) is 0 Å². The fourth-order valence-electron chi connectivity index (χ4n) is 4.50. The Balaban J connectivity index is 1.48. The number of likely N-dealkylation sites (N-methyl/N-ethyl adjacent to an activating group) is 1. The van der Waals surface area contributed by atoms with Crippen molar-refractivity contribution in [1.29, 1.82) is 0 Å². The summed E-state index contributed by atoms with van der Waals surface area (Å²) < 4.78 is 13.0. The first-order valence-corrected chi connectivity index (χ1v) is 12.6. The van der Waals surface area contributed by atoms with Gasteiger partial charge in [0.05, 0.1) is 24.4 Å². The minimum Gasteiger partial charge on any atom is -0.392 e. The van der Waals surface area contributed by atoms with Crippen LogP contribution in [0.1, 0.15) is 51.9 Å². The molecule has 3 aromatic rings. The van der Waals surface area contributed by atoms with E-state index in [0.717, 1.165) is 35.3 Å². The van der Waals surface area contributed by atoms with Crippen LogP contribution in [-0.2, 0) is 22.6 Å². The van der Waals surface area contributed by atoms with Crippen LogP contribution >= 0.6 is 0 Å². The Hall–Kier alpha value is -3.36. The average molecular weight is 502 g/mol. The van der Waals surface area contributed by atoms with Gasteiger partial charge in [0.25, 0.3) is 5.91 Å². The molecule has 0 bridgehead atoms. The number of nitrogens with zero attached hydrogens (tertiary/aromatic N) is 2. The van der Waals surface area contributed by atoms with Gasteiger partial charge in [-0.3, -0.25) is 9.78 Å². The zero-order chi connectivity index (χ0) is 26.2. The van der Waals surface area contributed by atoms with Crippen LogP contribution in [0.4, 0.5) is 0 Å². The number of hydrogen-bond acceptors (Lipinski definition) is 6. The van der Waals surface area contributed by atoms with Crippen molar-refractivity contribution in [1.82, 2.24) is 15.2 Å². The van der Waals surface area contributed by atoms with Crippen molar-refractivity contribution < 1.29 is 19.4 Å². The van der Waals surface area contributed by atoms with Crippen LogP contribution in [-0.4, -0.2) is 47.1 Å². The number of benzene rings is 2. The summed E-state index contributed by atoms with van der Waals surface area (Å²) >= 11 is 0. The molecule has 0 aliphatic carbocycles. The quantitative estimate of drug-likeness (QED) is 0.401. The highest BCUT2D eigenvalue weighted by molar-refractivity contribution is 5.93. The van der Waals surface area contributed by atoms with Gasteiger partial charge in [-0.05, 0) is 35.9 Å². The van der Waals surface area contributed by atoms with Crippen molar-refractivity contribution in [2.45, 2.75) is 38.6 Å². The number of carbonyl (C=O) groups is 1. The second-order valence-electron chi connectivity index (χ2n) is 9.50. The van der Waals surface area contributed by atoms with E-state index in [2.05, 4.69) is 35.8 Å². The Kier molecular flexibility index (Phi) is 9.19. The third-order valence-electron chi connectivity index (χ3n) is 6.68. The number of aliphatic hydroxyl groups is 1. The van der Waals surface area contributed by atoms with E-state index < -0.39 is 6.29 Å². The first-order chi connectivity index (χ1) is 18.0. The molecule has 2 N–H and O–H groups in total. The molecule has 1 aromatic heterocycles. The van der Waals surface area contributed by atoms with Crippen LogP contribution in [0, 0.1) is 5.92 Å². The fraction of sp³-hybridized carbons (Fsp3) is 0.333. The van der Waals surface area contributed by atoms with Gasteiger partial charge in [0, 0.05) is 43.5 Å². The van der Waals surface area contributed by atoms with E-state index in [-0.39, 0.29) is 30.6 Å². The molecule has 37 heavy (non-hydrogen) atoms. The Morgan fingerprint density at radius 2 is 1.78 bits per heavy atom. The molecule has 7 nitrogen and oxygen atoms in total. The minimum absolute atomic E-state index is 0.0110. The second kappa shape index (κ2) is 12.7. The molecule has 7 heteroatoms. The molecule has 2 aromatic carbocycles. The Labute approximate surface area is 218 Å². The predicted molar refractivity (Wildman–Crippen MR) is 143 cm³/mol. The highest BCUT2D eigenvalue weighted by Crippen LogP contribution is 2.41. The number of aliphatic hydroxyl groups excluding tert-OH is 1. The Morgan fingerprint density at radius 3 is 2.43 bits per heavy atom. The van der Waals surface area contributed by atoms with Crippen LogP contribution in [0.5, 0.6) is 0 Å². The summed E-state index contributed by atoms with van der Waals surface area (Å²) in [5, 5.41) is 12.4. The SMILES string of the molecule is C=CCN(C)C[C@@H]1O[C@H](c2ccc(CNC(=O)c3cccnc3)cc2)O[C@H](c2ccc(CO)cc2)[C@@H]1C. The molecule has 0 saturated carbocycles. The first kappa shape index (κ1) is 26.7. The van der Waals surface area contributed by atoms with Gasteiger partial charge in [0.1, 0.15) is 0 Å². The maximum atomic E-state index is 12.3. The third-order valence-corrected chi connectivity index (χ3v) is 6.68. The van der Waals surface area contributed by atoms with Gasteiger partial charge >= 0.3 is 0 Å². The Morgan fingerprint density at radius 1 is 1.08 bits per heavy atom. The van der Waals surface area contributed by atoms with E-state index in [0.29, 0.717) is 12.1 Å². The lowest BCUT2D eigenvalue weighted by atomic mass is 9.90. The van der Waals surface area contributed by atoms with Crippen molar-refractivity contribution in [3.63, 3.8) is 0 Å². The molecule has 4 rings (SSSR count). The van der Waals surface area contributed by atoms with Crippen molar-refractivity contribution in [2.75, 3.05) is 20.1 Å². The zero-order valence-electron chi connectivity index (χ0n) is 21.4. The number of aromatic nitrogens is 1. The summed E-state index contributed by atoms with van der Waals surface area (Å²) in [7, 11) is 2.06. The van der Waals surface area contributed by atoms with Crippen LogP contribution in [0.15, 0.2) is 85.7 Å². The third kappa shape index (κ3) is 6.90. The van der Waals surface area contributed by atoms with Gasteiger partial charge in [-0.25, -0.2) is 0 Å². The van der Waals surface area contributed by atoms with Crippen molar-refractivity contribution >= 4 is 5.91 Å². The number of carbonyl (C=O) groups excluding carboxylic acids is 1. The second-order valence-corrected chi connectivity index (χ2v) is 9.50. The summed E-state index contributed by atoms with van der Waals surface area (Å²) in [5.41, 5.74) is 4.35. The van der Waals surface area contributed by atoms with Crippen LogP contribution < -0.4 is 5.32 Å². The molecular formula is C30H35N3O4. The molecule has 1 saturated heterocycles. The van der Waals surface area contributed by atoms with E-state index in [9.17, 15) is 9.90 Å². The van der Waals surface area contributed by atoms with Gasteiger partial charge in [-0.2, -0.15) is 0 Å². The largest absolute Gasteiger partial charge is 0.392 e. The highest BCUT2D eigenvalue weighted by atomic mass is 16.7. The lowest BCUT2D eigenvalue weighted by Crippen LogP contribution is -2.43.